The van der Waals surface area contributed by atoms with Crippen molar-refractivity contribution in [2.45, 2.75) is 71.1 Å². The van der Waals surface area contributed by atoms with Gasteiger partial charge in [0.2, 0.25) is 5.82 Å². The fourth-order valence-corrected chi connectivity index (χ4v) is 4.45. The van der Waals surface area contributed by atoms with Gasteiger partial charge < -0.3 is 4.74 Å². The van der Waals surface area contributed by atoms with Crippen molar-refractivity contribution in [2.24, 2.45) is 5.92 Å². The van der Waals surface area contributed by atoms with Gasteiger partial charge in [-0.1, -0.05) is 55.8 Å². The molecule has 0 spiro atoms. The van der Waals surface area contributed by atoms with Gasteiger partial charge in [0.1, 0.15) is 0 Å². The van der Waals surface area contributed by atoms with Gasteiger partial charge in [-0.15, -0.1) is 0 Å². The van der Waals surface area contributed by atoms with Gasteiger partial charge in [0.25, 0.3) is 0 Å². The van der Waals surface area contributed by atoms with Crippen molar-refractivity contribution in [3.63, 3.8) is 0 Å². The molecular weight excluding hydrogens is 378 g/mol. The van der Waals surface area contributed by atoms with E-state index in [0.29, 0.717) is 18.1 Å². The maximum atomic E-state index is 14.5. The summed E-state index contributed by atoms with van der Waals surface area (Å²) in [7, 11) is 0. The SMILES string of the molecule is CCCc1ccc(CCC=CC2CCC(c3ccc(OCC)c(F)c3F)CC2)cc1. The molecule has 0 aromatic heterocycles. The number of benzene rings is 2. The Balaban J connectivity index is 1.46. The second-order valence-electron chi connectivity index (χ2n) is 8.36. The van der Waals surface area contributed by atoms with Crippen molar-refractivity contribution >= 4 is 0 Å². The maximum absolute atomic E-state index is 14.5. The third kappa shape index (κ3) is 5.93. The fraction of sp³-hybridized carbons (Fsp3) is 0.481. The van der Waals surface area contributed by atoms with Crippen LogP contribution in [0.4, 0.5) is 8.78 Å². The quantitative estimate of drug-likeness (QED) is 0.382. The van der Waals surface area contributed by atoms with E-state index in [9.17, 15) is 8.78 Å². The zero-order valence-electron chi connectivity index (χ0n) is 18.3. The van der Waals surface area contributed by atoms with Crippen LogP contribution in [0.15, 0.2) is 48.6 Å². The van der Waals surface area contributed by atoms with Gasteiger partial charge in [-0.2, -0.15) is 4.39 Å². The number of halogens is 2. The Morgan fingerprint density at radius 3 is 2.17 bits per heavy atom. The molecule has 1 saturated carbocycles. The number of allylic oxidation sites excluding steroid dienone is 2. The summed E-state index contributed by atoms with van der Waals surface area (Å²) in [6, 6.07) is 12.2. The predicted octanol–water partition coefficient (Wildman–Crippen LogP) is 7.78. The second kappa shape index (κ2) is 11.3. The van der Waals surface area contributed by atoms with Crippen molar-refractivity contribution in [1.29, 1.82) is 0 Å². The number of aryl methyl sites for hydroxylation is 2. The average Bonchev–Trinajstić information content (AvgIpc) is 2.77. The molecule has 1 fully saturated rings. The van der Waals surface area contributed by atoms with Crippen molar-refractivity contribution in [3.05, 3.63) is 76.9 Å². The molecule has 0 radical (unpaired) electrons. The van der Waals surface area contributed by atoms with Crippen LogP contribution in [-0.2, 0) is 12.8 Å². The molecule has 0 saturated heterocycles. The average molecular weight is 413 g/mol. The van der Waals surface area contributed by atoms with E-state index in [-0.39, 0.29) is 11.7 Å². The summed E-state index contributed by atoms with van der Waals surface area (Å²) in [5, 5.41) is 0. The van der Waals surface area contributed by atoms with Crippen LogP contribution in [0.25, 0.3) is 0 Å². The zero-order valence-corrected chi connectivity index (χ0v) is 18.3. The number of hydrogen-bond acceptors (Lipinski definition) is 1. The van der Waals surface area contributed by atoms with Crippen molar-refractivity contribution < 1.29 is 13.5 Å². The van der Waals surface area contributed by atoms with Gasteiger partial charge >= 0.3 is 0 Å². The largest absolute Gasteiger partial charge is 0.491 e. The van der Waals surface area contributed by atoms with Gasteiger partial charge in [-0.05, 0) is 86.5 Å². The minimum Gasteiger partial charge on any atom is -0.491 e. The van der Waals surface area contributed by atoms with Crippen LogP contribution in [0, 0.1) is 17.6 Å². The number of ether oxygens (including phenoxy) is 1. The molecule has 0 amide bonds. The van der Waals surface area contributed by atoms with Gasteiger partial charge in [0, 0.05) is 0 Å². The lowest BCUT2D eigenvalue weighted by Gasteiger charge is -2.27. The molecule has 30 heavy (non-hydrogen) atoms. The first-order valence-corrected chi connectivity index (χ1v) is 11.5. The zero-order chi connectivity index (χ0) is 21.3. The van der Waals surface area contributed by atoms with Gasteiger partial charge in [-0.3, -0.25) is 0 Å². The van der Waals surface area contributed by atoms with Crippen LogP contribution in [-0.4, -0.2) is 6.61 Å². The first-order chi connectivity index (χ1) is 14.6. The Morgan fingerprint density at radius 2 is 1.53 bits per heavy atom. The number of rotatable bonds is 9. The van der Waals surface area contributed by atoms with Crippen LogP contribution in [0.1, 0.15) is 75.0 Å². The maximum Gasteiger partial charge on any atom is 0.200 e. The Kier molecular flexibility index (Phi) is 8.48. The van der Waals surface area contributed by atoms with Gasteiger partial charge in [0.15, 0.2) is 11.6 Å². The van der Waals surface area contributed by atoms with E-state index in [0.717, 1.165) is 44.9 Å². The Bertz CT molecular complexity index is 818. The normalized spacial score (nSPS) is 19.3. The molecule has 0 unspecified atom stereocenters. The summed E-state index contributed by atoms with van der Waals surface area (Å²) in [6.45, 7) is 4.31. The van der Waals surface area contributed by atoms with Crippen LogP contribution in [0.3, 0.4) is 0 Å². The molecule has 0 N–H and O–H groups in total. The molecule has 2 aromatic rings. The highest BCUT2D eigenvalue weighted by atomic mass is 19.2. The van der Waals surface area contributed by atoms with E-state index < -0.39 is 11.6 Å². The third-order valence-corrected chi connectivity index (χ3v) is 6.16. The van der Waals surface area contributed by atoms with Crippen molar-refractivity contribution in [2.75, 3.05) is 6.61 Å². The molecule has 1 aliphatic rings. The molecule has 3 rings (SSSR count). The van der Waals surface area contributed by atoms with Crippen LogP contribution < -0.4 is 4.74 Å². The standard InChI is InChI=1S/C27H34F2O/c1-3-7-20-10-12-21(13-11-20)8-5-6-9-22-14-16-23(17-15-22)24-18-19-25(30-4-2)27(29)26(24)28/h6,9-13,18-19,22-23H,3-5,7-8,14-17H2,1-2H3. The topological polar surface area (TPSA) is 9.23 Å². The first-order valence-electron chi connectivity index (χ1n) is 11.5. The molecule has 0 bridgehead atoms. The van der Waals surface area contributed by atoms with Gasteiger partial charge in [0.05, 0.1) is 6.61 Å². The van der Waals surface area contributed by atoms with E-state index in [1.165, 1.54) is 17.5 Å². The van der Waals surface area contributed by atoms with E-state index in [1.807, 2.05) is 0 Å². The van der Waals surface area contributed by atoms with Gasteiger partial charge in [-0.25, -0.2) is 4.39 Å². The summed E-state index contributed by atoms with van der Waals surface area (Å²) in [5.41, 5.74) is 3.30. The highest BCUT2D eigenvalue weighted by Gasteiger charge is 2.25. The minimum absolute atomic E-state index is 0.00960. The second-order valence-corrected chi connectivity index (χ2v) is 8.36. The molecule has 0 heterocycles. The summed E-state index contributed by atoms with van der Waals surface area (Å²) >= 11 is 0. The highest BCUT2D eigenvalue weighted by Crippen LogP contribution is 2.39. The van der Waals surface area contributed by atoms with Crippen LogP contribution in [0.2, 0.25) is 0 Å². The predicted molar refractivity (Wildman–Crippen MR) is 120 cm³/mol. The van der Waals surface area contributed by atoms with E-state index in [2.05, 4.69) is 43.3 Å². The van der Waals surface area contributed by atoms with E-state index in [4.69, 9.17) is 4.74 Å². The summed E-state index contributed by atoms with van der Waals surface area (Å²) < 4.78 is 33.8. The Hall–Kier alpha value is -2.16. The third-order valence-electron chi connectivity index (χ3n) is 6.16. The molecule has 3 heteroatoms. The summed E-state index contributed by atoms with van der Waals surface area (Å²) in [4.78, 5) is 0. The lowest BCUT2D eigenvalue weighted by molar-refractivity contribution is 0.310. The summed E-state index contributed by atoms with van der Waals surface area (Å²) in [5.74, 6) is -0.926. The van der Waals surface area contributed by atoms with E-state index in [1.54, 1.807) is 19.1 Å². The highest BCUT2D eigenvalue weighted by molar-refractivity contribution is 5.33. The lowest BCUT2D eigenvalue weighted by Crippen LogP contribution is -2.14. The monoisotopic (exact) mass is 412 g/mol. The van der Waals surface area contributed by atoms with Crippen molar-refractivity contribution in [1.82, 2.24) is 0 Å². The smallest absolute Gasteiger partial charge is 0.200 e. The van der Waals surface area contributed by atoms with Crippen LogP contribution >= 0.6 is 0 Å². The molecule has 0 atom stereocenters. The molecule has 1 aliphatic carbocycles. The first kappa shape index (κ1) is 22.5. The lowest BCUT2D eigenvalue weighted by atomic mass is 9.78. The fourth-order valence-electron chi connectivity index (χ4n) is 4.45. The Labute approximate surface area is 180 Å². The molecule has 0 aliphatic heterocycles. The molecule has 1 nitrogen and oxygen atoms in total. The molecular formula is C27H34F2O. The van der Waals surface area contributed by atoms with Crippen LogP contribution in [0.5, 0.6) is 5.75 Å². The number of hydrogen-bond donors (Lipinski definition) is 0. The molecule has 162 valence electrons. The van der Waals surface area contributed by atoms with E-state index >= 15 is 0 Å². The van der Waals surface area contributed by atoms with Crippen molar-refractivity contribution in [3.8, 4) is 5.75 Å². The minimum atomic E-state index is -0.848. The Morgan fingerprint density at radius 1 is 0.867 bits per heavy atom. The molecule has 2 aromatic carbocycles. The summed E-state index contributed by atoms with van der Waals surface area (Å²) in [6.07, 6.45) is 12.9.